The lowest BCUT2D eigenvalue weighted by molar-refractivity contribution is 1.02. The zero-order valence-electron chi connectivity index (χ0n) is 6.29. The molecule has 1 aromatic rings. The van der Waals surface area contributed by atoms with Gasteiger partial charge in [0.25, 0.3) is 0 Å². The SMILES string of the molecule is Cl.NCCNc1ccccc1. The minimum absolute atomic E-state index is 0. The molecule has 0 amide bonds. The summed E-state index contributed by atoms with van der Waals surface area (Å²) in [7, 11) is 0. The number of para-hydroxylation sites is 1. The van der Waals surface area contributed by atoms with E-state index in [1.54, 1.807) is 0 Å². The molecule has 0 saturated carbocycles. The second-order valence-corrected chi connectivity index (χ2v) is 2.08. The van der Waals surface area contributed by atoms with Crippen molar-refractivity contribution in [2.24, 2.45) is 5.73 Å². The van der Waals surface area contributed by atoms with Crippen LogP contribution < -0.4 is 11.1 Å². The Morgan fingerprint density at radius 3 is 2.36 bits per heavy atom. The highest BCUT2D eigenvalue weighted by atomic mass is 35.5. The van der Waals surface area contributed by atoms with Gasteiger partial charge < -0.3 is 11.1 Å². The molecule has 0 bridgehead atoms. The third-order valence-electron chi connectivity index (χ3n) is 1.25. The first-order valence-electron chi connectivity index (χ1n) is 3.42. The van der Waals surface area contributed by atoms with Crippen molar-refractivity contribution in [2.45, 2.75) is 0 Å². The smallest absolute Gasteiger partial charge is 0.0340 e. The number of anilines is 1. The van der Waals surface area contributed by atoms with Crippen LogP contribution in [-0.2, 0) is 0 Å². The van der Waals surface area contributed by atoms with Gasteiger partial charge in [0.2, 0.25) is 0 Å². The Kier molecular flexibility index (Phi) is 5.61. The van der Waals surface area contributed by atoms with E-state index in [0.29, 0.717) is 6.54 Å². The molecule has 1 aromatic carbocycles. The predicted octanol–water partition coefficient (Wildman–Crippen LogP) is 1.48. The minimum atomic E-state index is 0. The maximum atomic E-state index is 5.31. The Labute approximate surface area is 73.2 Å². The fourth-order valence-electron chi connectivity index (χ4n) is 0.773. The van der Waals surface area contributed by atoms with E-state index in [2.05, 4.69) is 5.32 Å². The van der Waals surface area contributed by atoms with E-state index < -0.39 is 0 Å². The van der Waals surface area contributed by atoms with Crippen LogP contribution in [0.25, 0.3) is 0 Å². The Balaban J connectivity index is 0.000001000. The van der Waals surface area contributed by atoms with Gasteiger partial charge in [0.1, 0.15) is 0 Å². The van der Waals surface area contributed by atoms with Gasteiger partial charge >= 0.3 is 0 Å². The van der Waals surface area contributed by atoms with E-state index in [1.165, 1.54) is 0 Å². The lowest BCUT2D eigenvalue weighted by atomic mass is 10.3. The molecule has 0 heterocycles. The third-order valence-corrected chi connectivity index (χ3v) is 1.25. The van der Waals surface area contributed by atoms with Gasteiger partial charge in [0.15, 0.2) is 0 Å². The first kappa shape index (κ1) is 10.3. The topological polar surface area (TPSA) is 38.0 Å². The summed E-state index contributed by atoms with van der Waals surface area (Å²) in [6.45, 7) is 1.51. The van der Waals surface area contributed by atoms with Crippen molar-refractivity contribution in [3.63, 3.8) is 0 Å². The van der Waals surface area contributed by atoms with E-state index in [1.807, 2.05) is 30.3 Å². The average Bonchev–Trinajstić information content (AvgIpc) is 2.03. The van der Waals surface area contributed by atoms with Crippen molar-refractivity contribution in [2.75, 3.05) is 18.4 Å². The molecule has 3 N–H and O–H groups in total. The molecule has 1 rings (SSSR count). The summed E-state index contributed by atoms with van der Waals surface area (Å²) in [6.07, 6.45) is 0. The molecule has 62 valence electrons. The molecule has 0 aliphatic rings. The van der Waals surface area contributed by atoms with E-state index in [9.17, 15) is 0 Å². The first-order chi connectivity index (χ1) is 4.93. The summed E-state index contributed by atoms with van der Waals surface area (Å²) in [4.78, 5) is 0. The molecule has 11 heavy (non-hydrogen) atoms. The van der Waals surface area contributed by atoms with Gasteiger partial charge in [0, 0.05) is 18.8 Å². The lowest BCUT2D eigenvalue weighted by Crippen LogP contribution is -2.12. The van der Waals surface area contributed by atoms with Gasteiger partial charge in [-0.2, -0.15) is 0 Å². The number of nitrogens with one attached hydrogen (secondary N) is 1. The highest BCUT2D eigenvalue weighted by molar-refractivity contribution is 5.85. The molecule has 0 fully saturated rings. The van der Waals surface area contributed by atoms with Crippen LogP contribution in [-0.4, -0.2) is 13.1 Å². The van der Waals surface area contributed by atoms with Crippen LogP contribution >= 0.6 is 12.4 Å². The molecule has 0 saturated heterocycles. The molecule has 0 aromatic heterocycles. The van der Waals surface area contributed by atoms with E-state index in [0.717, 1.165) is 12.2 Å². The van der Waals surface area contributed by atoms with E-state index in [4.69, 9.17) is 5.73 Å². The number of rotatable bonds is 3. The van der Waals surface area contributed by atoms with Crippen molar-refractivity contribution < 1.29 is 0 Å². The van der Waals surface area contributed by atoms with Gasteiger partial charge in [-0.05, 0) is 12.1 Å². The molecule has 0 aliphatic carbocycles. The van der Waals surface area contributed by atoms with Crippen LogP contribution in [0.5, 0.6) is 0 Å². The number of benzene rings is 1. The average molecular weight is 173 g/mol. The van der Waals surface area contributed by atoms with Crippen LogP contribution in [0.3, 0.4) is 0 Å². The number of nitrogens with two attached hydrogens (primary N) is 1. The summed E-state index contributed by atoms with van der Waals surface area (Å²) in [6, 6.07) is 10.0. The number of hydrogen-bond acceptors (Lipinski definition) is 2. The highest BCUT2D eigenvalue weighted by Gasteiger charge is 1.84. The molecule has 0 unspecified atom stereocenters. The van der Waals surface area contributed by atoms with Gasteiger partial charge in [-0.15, -0.1) is 12.4 Å². The number of halogens is 1. The number of hydrogen-bond donors (Lipinski definition) is 2. The Bertz CT molecular complexity index is 177. The van der Waals surface area contributed by atoms with Crippen molar-refractivity contribution in [3.8, 4) is 0 Å². The molecule has 3 heteroatoms. The zero-order valence-corrected chi connectivity index (χ0v) is 7.10. The second kappa shape index (κ2) is 6.01. The summed E-state index contributed by atoms with van der Waals surface area (Å²) < 4.78 is 0. The van der Waals surface area contributed by atoms with Crippen LogP contribution in [0.2, 0.25) is 0 Å². The van der Waals surface area contributed by atoms with Crippen molar-refractivity contribution >= 4 is 18.1 Å². The van der Waals surface area contributed by atoms with Gasteiger partial charge in [-0.1, -0.05) is 18.2 Å². The first-order valence-corrected chi connectivity index (χ1v) is 3.42. The minimum Gasteiger partial charge on any atom is -0.384 e. The molecular weight excluding hydrogens is 160 g/mol. The van der Waals surface area contributed by atoms with E-state index >= 15 is 0 Å². The summed E-state index contributed by atoms with van der Waals surface area (Å²) in [5, 5.41) is 3.17. The normalized spacial score (nSPS) is 8.45. The van der Waals surface area contributed by atoms with Crippen molar-refractivity contribution in [3.05, 3.63) is 30.3 Å². The van der Waals surface area contributed by atoms with Gasteiger partial charge in [-0.25, -0.2) is 0 Å². The quantitative estimate of drug-likeness (QED) is 0.725. The molecule has 0 aliphatic heterocycles. The van der Waals surface area contributed by atoms with Gasteiger partial charge in [-0.3, -0.25) is 0 Å². The van der Waals surface area contributed by atoms with Crippen LogP contribution in [0.15, 0.2) is 30.3 Å². The molecule has 0 atom stereocenters. The maximum Gasteiger partial charge on any atom is 0.0340 e. The lowest BCUT2D eigenvalue weighted by Gasteiger charge is -2.01. The fourth-order valence-corrected chi connectivity index (χ4v) is 0.773. The molecule has 2 nitrogen and oxygen atoms in total. The molecular formula is C8H13ClN2. The largest absolute Gasteiger partial charge is 0.384 e. The van der Waals surface area contributed by atoms with Crippen LogP contribution in [0.4, 0.5) is 5.69 Å². The Hall–Kier alpha value is -0.730. The summed E-state index contributed by atoms with van der Waals surface area (Å²) in [5.41, 5.74) is 6.45. The molecule has 0 spiro atoms. The second-order valence-electron chi connectivity index (χ2n) is 2.08. The standard InChI is InChI=1S/C8H12N2.ClH/c9-6-7-10-8-4-2-1-3-5-8;/h1-5,10H,6-7,9H2;1H. The van der Waals surface area contributed by atoms with Crippen LogP contribution in [0, 0.1) is 0 Å². The van der Waals surface area contributed by atoms with Gasteiger partial charge in [0.05, 0.1) is 0 Å². The Morgan fingerprint density at radius 2 is 1.82 bits per heavy atom. The van der Waals surface area contributed by atoms with Crippen molar-refractivity contribution in [1.29, 1.82) is 0 Å². The zero-order chi connectivity index (χ0) is 7.23. The summed E-state index contributed by atoms with van der Waals surface area (Å²) in [5.74, 6) is 0. The molecule has 0 radical (unpaired) electrons. The third kappa shape index (κ3) is 3.86. The van der Waals surface area contributed by atoms with Crippen LogP contribution in [0.1, 0.15) is 0 Å². The summed E-state index contributed by atoms with van der Waals surface area (Å²) >= 11 is 0. The monoisotopic (exact) mass is 172 g/mol. The highest BCUT2D eigenvalue weighted by Crippen LogP contribution is 2.02. The predicted molar refractivity (Wildman–Crippen MR) is 51.2 cm³/mol. The Morgan fingerprint density at radius 1 is 1.18 bits per heavy atom. The van der Waals surface area contributed by atoms with E-state index in [-0.39, 0.29) is 12.4 Å². The fraction of sp³-hybridized carbons (Fsp3) is 0.250. The van der Waals surface area contributed by atoms with Crippen molar-refractivity contribution in [1.82, 2.24) is 0 Å². The maximum absolute atomic E-state index is 5.31.